The van der Waals surface area contributed by atoms with E-state index in [4.69, 9.17) is 14.6 Å². The van der Waals surface area contributed by atoms with Crippen molar-refractivity contribution < 1.29 is 14.3 Å². The highest BCUT2D eigenvalue weighted by Gasteiger charge is 2.48. The van der Waals surface area contributed by atoms with Gasteiger partial charge in [-0.15, -0.1) is 0 Å². The smallest absolute Gasteiger partial charge is 0.409 e. The first-order valence-electron chi connectivity index (χ1n) is 12.8. The number of rotatable bonds is 3. The van der Waals surface area contributed by atoms with Crippen LogP contribution in [0.25, 0.3) is 11.4 Å². The molecule has 2 saturated heterocycles. The Morgan fingerprint density at radius 1 is 1.24 bits per heavy atom. The van der Waals surface area contributed by atoms with Gasteiger partial charge in [0.05, 0.1) is 12.6 Å². The molecule has 4 aliphatic rings. The normalized spacial score (nSPS) is 24.8. The summed E-state index contributed by atoms with van der Waals surface area (Å²) in [5.41, 5.74) is 3.67. The molecule has 0 radical (unpaired) electrons. The number of amides is 1. The first kappa shape index (κ1) is 21.9. The van der Waals surface area contributed by atoms with E-state index < -0.39 is 5.60 Å². The van der Waals surface area contributed by atoms with E-state index in [2.05, 4.69) is 35.8 Å². The Balaban J connectivity index is 1.32. The van der Waals surface area contributed by atoms with Crippen molar-refractivity contribution in [2.24, 2.45) is 5.92 Å². The van der Waals surface area contributed by atoms with Crippen molar-refractivity contribution in [3.8, 4) is 17.1 Å². The summed E-state index contributed by atoms with van der Waals surface area (Å²) >= 11 is 0. The van der Waals surface area contributed by atoms with Crippen molar-refractivity contribution in [2.75, 3.05) is 26.2 Å². The zero-order valence-electron chi connectivity index (χ0n) is 20.5. The summed E-state index contributed by atoms with van der Waals surface area (Å²) in [7, 11) is 0. The van der Waals surface area contributed by atoms with Crippen LogP contribution in [-0.2, 0) is 10.3 Å². The second-order valence-electron chi connectivity index (χ2n) is 11.2. The van der Waals surface area contributed by atoms with E-state index in [1.54, 1.807) is 0 Å². The minimum atomic E-state index is -0.497. The average Bonchev–Trinajstić information content (AvgIpc) is 3.58. The lowest BCUT2D eigenvalue weighted by Gasteiger charge is -2.44. The molecule has 1 spiro atoms. The summed E-state index contributed by atoms with van der Waals surface area (Å²) in [4.78, 5) is 19.1. The van der Waals surface area contributed by atoms with Gasteiger partial charge in [0.1, 0.15) is 22.7 Å². The number of hydrogen-bond acceptors (Lipinski definition) is 6. The molecule has 1 N–H and O–H groups in total. The molecule has 2 aromatic rings. The van der Waals surface area contributed by atoms with Crippen LogP contribution in [0.2, 0.25) is 0 Å². The van der Waals surface area contributed by atoms with Crippen LogP contribution in [-0.4, -0.2) is 57.5 Å². The van der Waals surface area contributed by atoms with E-state index >= 15 is 0 Å². The molecule has 34 heavy (non-hydrogen) atoms. The Bertz CT molecular complexity index is 1100. The molecule has 3 aliphatic heterocycles. The maximum Gasteiger partial charge on any atom is 0.409 e. The quantitative estimate of drug-likeness (QED) is 0.732. The fourth-order valence-electron chi connectivity index (χ4n) is 6.01. The van der Waals surface area contributed by atoms with Gasteiger partial charge in [0.15, 0.2) is 0 Å². The molecule has 0 bridgehead atoms. The Morgan fingerprint density at radius 2 is 2.03 bits per heavy atom. The predicted octanol–water partition coefficient (Wildman–Crippen LogP) is 4.19. The highest BCUT2D eigenvalue weighted by atomic mass is 16.6. The van der Waals surface area contributed by atoms with Crippen molar-refractivity contribution in [2.45, 2.75) is 76.5 Å². The fraction of sp³-hybridized carbons (Fsp3) is 0.654. The summed E-state index contributed by atoms with van der Waals surface area (Å²) in [6, 6.07) is 4.25. The number of ether oxygens (including phenoxy) is 2. The molecule has 2 aromatic heterocycles. The molecular weight excluding hydrogens is 430 g/mol. The molecular formula is C26H35N5O3. The number of fused-ring (bicyclic) bond motifs is 4. The maximum absolute atomic E-state index is 12.6. The largest absolute Gasteiger partial charge is 0.480 e. The highest BCUT2D eigenvalue weighted by molar-refractivity contribution is 5.71. The Labute approximate surface area is 201 Å². The van der Waals surface area contributed by atoms with Crippen molar-refractivity contribution in [1.29, 1.82) is 0 Å². The second-order valence-corrected chi connectivity index (χ2v) is 11.2. The number of nitrogens with one attached hydrogen (secondary N) is 1. The molecule has 8 heteroatoms. The van der Waals surface area contributed by atoms with Crippen LogP contribution in [0.4, 0.5) is 4.79 Å². The Hall–Kier alpha value is -2.61. The number of pyridine rings is 1. The molecule has 6 rings (SSSR count). The van der Waals surface area contributed by atoms with Gasteiger partial charge in [0, 0.05) is 48.9 Å². The van der Waals surface area contributed by atoms with Crippen LogP contribution in [0.15, 0.2) is 18.3 Å². The summed E-state index contributed by atoms with van der Waals surface area (Å²) < 4.78 is 14.5. The summed E-state index contributed by atoms with van der Waals surface area (Å²) in [6.45, 7) is 9.47. The number of hydrogen-bond donors (Lipinski definition) is 1. The molecule has 1 saturated carbocycles. The maximum atomic E-state index is 12.6. The lowest BCUT2D eigenvalue weighted by Crippen LogP contribution is -2.49. The average molecular weight is 466 g/mol. The zero-order chi connectivity index (χ0) is 23.5. The third kappa shape index (κ3) is 3.76. The van der Waals surface area contributed by atoms with Crippen molar-refractivity contribution >= 4 is 6.09 Å². The Morgan fingerprint density at radius 3 is 2.76 bits per heavy atom. The van der Waals surface area contributed by atoms with Crippen molar-refractivity contribution in [1.82, 2.24) is 25.0 Å². The van der Waals surface area contributed by atoms with Crippen LogP contribution in [0.3, 0.4) is 0 Å². The molecule has 0 aromatic carbocycles. The van der Waals surface area contributed by atoms with Gasteiger partial charge in [-0.3, -0.25) is 9.67 Å². The second kappa shape index (κ2) is 7.97. The van der Waals surface area contributed by atoms with Gasteiger partial charge in [0.2, 0.25) is 0 Å². The number of carbonyl (C=O) groups excluding carboxylic acids is 1. The van der Waals surface area contributed by atoms with Gasteiger partial charge in [-0.2, -0.15) is 5.10 Å². The summed E-state index contributed by atoms with van der Waals surface area (Å²) in [5.74, 6) is 1.36. The molecule has 182 valence electrons. The van der Waals surface area contributed by atoms with Crippen molar-refractivity contribution in [3.63, 3.8) is 0 Å². The van der Waals surface area contributed by atoms with Gasteiger partial charge in [0.25, 0.3) is 0 Å². The number of carbonyl (C=O) groups is 1. The van der Waals surface area contributed by atoms with Crippen LogP contribution in [0.1, 0.15) is 69.7 Å². The van der Waals surface area contributed by atoms with Gasteiger partial charge < -0.3 is 19.7 Å². The SMILES string of the molecule is Cc1c2c(nn1C1CCNC(C)(C)C1)-c1ncccc1OC21CCN(C(=O)OCC2CC2)CC1. The standard InChI is InChI=1S/C26H35N5O3/c1-17-21-23(29-31(17)19-8-12-28-25(2,3)15-19)22-20(5-4-11-27-22)34-26(21)9-13-30(14-10-26)24(32)33-16-18-6-7-18/h4-5,11,18-19,28H,6-10,12-16H2,1-3H3. The minimum Gasteiger partial charge on any atom is -0.480 e. The van der Waals surface area contributed by atoms with E-state index in [-0.39, 0.29) is 11.6 Å². The van der Waals surface area contributed by atoms with E-state index in [1.807, 2.05) is 23.2 Å². The first-order valence-corrected chi connectivity index (χ1v) is 12.8. The van der Waals surface area contributed by atoms with E-state index in [0.717, 1.165) is 54.9 Å². The topological polar surface area (TPSA) is 81.5 Å². The lowest BCUT2D eigenvalue weighted by atomic mass is 9.80. The molecule has 1 amide bonds. The van der Waals surface area contributed by atoms with Crippen LogP contribution in [0.5, 0.6) is 5.75 Å². The van der Waals surface area contributed by atoms with Crippen LogP contribution < -0.4 is 10.1 Å². The van der Waals surface area contributed by atoms with Crippen LogP contribution >= 0.6 is 0 Å². The third-order valence-corrected chi connectivity index (χ3v) is 8.05. The molecule has 8 nitrogen and oxygen atoms in total. The van der Waals surface area contributed by atoms with E-state index in [9.17, 15) is 4.79 Å². The molecule has 5 heterocycles. The van der Waals surface area contributed by atoms with E-state index in [0.29, 0.717) is 31.7 Å². The highest BCUT2D eigenvalue weighted by Crippen LogP contribution is 2.50. The molecule has 1 atom stereocenters. The lowest BCUT2D eigenvalue weighted by molar-refractivity contribution is -0.00683. The summed E-state index contributed by atoms with van der Waals surface area (Å²) in [6.07, 6.45) is 7.49. The molecule has 1 aliphatic carbocycles. The van der Waals surface area contributed by atoms with E-state index in [1.165, 1.54) is 18.5 Å². The van der Waals surface area contributed by atoms with Gasteiger partial charge in [-0.1, -0.05) is 0 Å². The fourth-order valence-corrected chi connectivity index (χ4v) is 6.01. The monoisotopic (exact) mass is 465 g/mol. The molecule has 1 unspecified atom stereocenters. The van der Waals surface area contributed by atoms with Crippen LogP contribution in [0, 0.1) is 12.8 Å². The molecule has 3 fully saturated rings. The van der Waals surface area contributed by atoms with Crippen molar-refractivity contribution in [3.05, 3.63) is 29.6 Å². The zero-order valence-corrected chi connectivity index (χ0v) is 20.5. The van der Waals surface area contributed by atoms with Gasteiger partial charge >= 0.3 is 6.09 Å². The first-order chi connectivity index (χ1) is 16.4. The number of aromatic nitrogens is 3. The predicted molar refractivity (Wildman–Crippen MR) is 128 cm³/mol. The number of likely N-dealkylation sites (tertiary alicyclic amines) is 1. The van der Waals surface area contributed by atoms with Gasteiger partial charge in [-0.25, -0.2) is 4.79 Å². The summed E-state index contributed by atoms with van der Waals surface area (Å²) in [5, 5.41) is 8.80. The third-order valence-electron chi connectivity index (χ3n) is 8.05. The Kier molecular flexibility index (Phi) is 5.13. The van der Waals surface area contributed by atoms with Gasteiger partial charge in [-0.05, 0) is 71.0 Å². The number of piperidine rings is 2. The minimum absolute atomic E-state index is 0.0817. The number of nitrogens with zero attached hydrogens (tertiary/aromatic N) is 4.